The predicted octanol–water partition coefficient (Wildman–Crippen LogP) is 3.43. The zero-order chi connectivity index (χ0) is 11.6. The molecule has 1 aromatic rings. The van der Waals surface area contributed by atoms with Crippen LogP contribution in [-0.2, 0) is 9.53 Å². The van der Waals surface area contributed by atoms with Crippen molar-refractivity contribution < 1.29 is 9.53 Å². The van der Waals surface area contributed by atoms with E-state index in [0.717, 1.165) is 12.8 Å². The molecule has 16 heavy (non-hydrogen) atoms. The summed E-state index contributed by atoms with van der Waals surface area (Å²) in [5.74, 6) is -0.101. The highest BCUT2D eigenvalue weighted by atomic mass is 16.5. The van der Waals surface area contributed by atoms with E-state index < -0.39 is 0 Å². The van der Waals surface area contributed by atoms with Crippen LogP contribution in [-0.4, -0.2) is 12.6 Å². The predicted molar refractivity (Wildman–Crippen MR) is 66.0 cm³/mol. The molecule has 0 saturated heterocycles. The Morgan fingerprint density at radius 3 is 2.75 bits per heavy atom. The Labute approximate surface area is 96.9 Å². The van der Waals surface area contributed by atoms with Gasteiger partial charge < -0.3 is 4.74 Å². The fraction of sp³-hybridized carbons (Fsp3) is 0.357. The minimum atomic E-state index is -0.101. The van der Waals surface area contributed by atoms with Gasteiger partial charge in [-0.15, -0.1) is 0 Å². The number of carbonyl (C=O) groups excluding carboxylic acids is 1. The lowest BCUT2D eigenvalue weighted by Gasteiger charge is -2.00. The molecule has 0 aliphatic heterocycles. The first-order valence-electron chi connectivity index (χ1n) is 5.70. The normalized spacial score (nSPS) is 10.6. The van der Waals surface area contributed by atoms with E-state index in [1.807, 2.05) is 49.4 Å². The average Bonchev–Trinajstić information content (AvgIpc) is 2.30. The molecule has 1 aromatic carbocycles. The van der Waals surface area contributed by atoms with Gasteiger partial charge in [0, 0.05) is 6.42 Å². The van der Waals surface area contributed by atoms with Crippen molar-refractivity contribution in [2.24, 2.45) is 0 Å². The Kier molecular flexibility index (Phi) is 6.00. The molecule has 0 aliphatic carbocycles. The van der Waals surface area contributed by atoms with E-state index in [0.29, 0.717) is 13.0 Å². The monoisotopic (exact) mass is 218 g/mol. The van der Waals surface area contributed by atoms with Gasteiger partial charge in [-0.25, -0.2) is 0 Å². The highest BCUT2D eigenvalue weighted by Gasteiger charge is 1.97. The molecule has 86 valence electrons. The van der Waals surface area contributed by atoms with Gasteiger partial charge in [0.25, 0.3) is 0 Å². The molecule has 0 aliphatic rings. The van der Waals surface area contributed by atoms with Crippen molar-refractivity contribution >= 4 is 12.0 Å². The topological polar surface area (TPSA) is 26.3 Å². The van der Waals surface area contributed by atoms with Gasteiger partial charge in [-0.3, -0.25) is 4.79 Å². The fourth-order valence-corrected chi connectivity index (χ4v) is 1.30. The zero-order valence-electron chi connectivity index (χ0n) is 9.69. The number of ether oxygens (including phenoxy) is 1. The first-order valence-corrected chi connectivity index (χ1v) is 5.70. The van der Waals surface area contributed by atoms with E-state index >= 15 is 0 Å². The van der Waals surface area contributed by atoms with Crippen molar-refractivity contribution in [1.82, 2.24) is 0 Å². The summed E-state index contributed by atoms with van der Waals surface area (Å²) in [6.45, 7) is 2.44. The molecule has 0 atom stereocenters. The van der Waals surface area contributed by atoms with Crippen LogP contribution in [0.25, 0.3) is 6.08 Å². The van der Waals surface area contributed by atoms with E-state index in [1.165, 1.54) is 5.56 Å². The molecule has 0 bridgehead atoms. The van der Waals surface area contributed by atoms with Crippen LogP contribution in [0.2, 0.25) is 0 Å². The molecular weight excluding hydrogens is 200 g/mol. The van der Waals surface area contributed by atoms with Crippen LogP contribution in [0.15, 0.2) is 36.4 Å². The Morgan fingerprint density at radius 1 is 1.31 bits per heavy atom. The number of hydrogen-bond acceptors (Lipinski definition) is 2. The van der Waals surface area contributed by atoms with Gasteiger partial charge in [0.15, 0.2) is 0 Å². The maximum absolute atomic E-state index is 11.0. The van der Waals surface area contributed by atoms with E-state index in [2.05, 4.69) is 0 Å². The lowest BCUT2D eigenvalue weighted by molar-refractivity contribution is -0.143. The van der Waals surface area contributed by atoms with Crippen molar-refractivity contribution in [3.8, 4) is 0 Å². The number of benzene rings is 1. The Bertz CT molecular complexity index is 328. The summed E-state index contributed by atoms with van der Waals surface area (Å²) in [6.07, 6.45) is 6.19. The number of hydrogen-bond donors (Lipinski definition) is 0. The van der Waals surface area contributed by atoms with Crippen LogP contribution >= 0.6 is 0 Å². The van der Waals surface area contributed by atoms with E-state index in [-0.39, 0.29) is 5.97 Å². The number of carbonyl (C=O) groups is 1. The maximum Gasteiger partial charge on any atom is 0.305 e. The summed E-state index contributed by atoms with van der Waals surface area (Å²) in [5.41, 5.74) is 1.17. The van der Waals surface area contributed by atoms with E-state index in [9.17, 15) is 4.79 Å². The van der Waals surface area contributed by atoms with Crippen molar-refractivity contribution in [2.45, 2.75) is 26.2 Å². The molecule has 0 radical (unpaired) electrons. The second-order valence-corrected chi connectivity index (χ2v) is 3.57. The van der Waals surface area contributed by atoms with Gasteiger partial charge in [-0.2, -0.15) is 0 Å². The van der Waals surface area contributed by atoms with Crippen molar-refractivity contribution in [3.63, 3.8) is 0 Å². The Balaban J connectivity index is 2.16. The summed E-state index contributed by atoms with van der Waals surface area (Å²) < 4.78 is 5.03. The minimum Gasteiger partial charge on any atom is -0.465 e. The molecule has 0 saturated carbocycles. The van der Waals surface area contributed by atoms with Crippen LogP contribution in [0.3, 0.4) is 0 Å². The molecule has 0 aromatic heterocycles. The second-order valence-electron chi connectivity index (χ2n) is 3.57. The number of esters is 1. The summed E-state index contributed by atoms with van der Waals surface area (Å²) in [6, 6.07) is 10.1. The van der Waals surface area contributed by atoms with Crippen LogP contribution in [0.5, 0.6) is 0 Å². The smallest absolute Gasteiger partial charge is 0.305 e. The minimum absolute atomic E-state index is 0.101. The van der Waals surface area contributed by atoms with Gasteiger partial charge in [-0.05, 0) is 18.4 Å². The summed E-state index contributed by atoms with van der Waals surface area (Å²) >= 11 is 0. The molecule has 1 rings (SSSR count). The fourth-order valence-electron chi connectivity index (χ4n) is 1.30. The standard InChI is InChI=1S/C14H18O2/c1-2-8-14(15)16-12-7-6-11-13-9-4-3-5-10-13/h3-6,9-11H,2,7-8,12H2,1H3. The van der Waals surface area contributed by atoms with E-state index in [1.54, 1.807) is 0 Å². The van der Waals surface area contributed by atoms with Gasteiger partial charge in [0.2, 0.25) is 0 Å². The highest BCUT2D eigenvalue weighted by Crippen LogP contribution is 2.02. The number of rotatable bonds is 6. The summed E-state index contributed by atoms with van der Waals surface area (Å²) in [5, 5.41) is 0. The lowest BCUT2D eigenvalue weighted by Crippen LogP contribution is -2.04. The lowest BCUT2D eigenvalue weighted by atomic mass is 10.2. The molecule has 0 spiro atoms. The quantitative estimate of drug-likeness (QED) is 0.540. The van der Waals surface area contributed by atoms with Crippen molar-refractivity contribution in [1.29, 1.82) is 0 Å². The van der Waals surface area contributed by atoms with Crippen molar-refractivity contribution in [3.05, 3.63) is 42.0 Å². The molecule has 0 amide bonds. The molecule has 0 unspecified atom stereocenters. The second kappa shape index (κ2) is 7.69. The van der Waals surface area contributed by atoms with Crippen molar-refractivity contribution in [2.75, 3.05) is 6.61 Å². The van der Waals surface area contributed by atoms with Gasteiger partial charge in [0.05, 0.1) is 6.61 Å². The first kappa shape index (κ1) is 12.5. The molecule has 2 heteroatoms. The molecule has 2 nitrogen and oxygen atoms in total. The van der Waals surface area contributed by atoms with Crippen LogP contribution in [0.4, 0.5) is 0 Å². The zero-order valence-corrected chi connectivity index (χ0v) is 9.69. The van der Waals surface area contributed by atoms with E-state index in [4.69, 9.17) is 4.74 Å². The maximum atomic E-state index is 11.0. The summed E-state index contributed by atoms with van der Waals surface area (Å²) in [4.78, 5) is 11.0. The molecule has 0 heterocycles. The molecular formula is C14H18O2. The molecule has 0 N–H and O–H groups in total. The first-order chi connectivity index (χ1) is 7.83. The molecule has 0 fully saturated rings. The van der Waals surface area contributed by atoms with Crippen LogP contribution in [0, 0.1) is 0 Å². The Hall–Kier alpha value is -1.57. The van der Waals surface area contributed by atoms with Gasteiger partial charge in [0.1, 0.15) is 0 Å². The SMILES string of the molecule is CCCC(=O)OCCC=Cc1ccccc1. The Morgan fingerprint density at radius 2 is 2.06 bits per heavy atom. The third-order valence-electron chi connectivity index (χ3n) is 2.11. The largest absolute Gasteiger partial charge is 0.465 e. The van der Waals surface area contributed by atoms with Gasteiger partial charge in [-0.1, -0.05) is 49.4 Å². The average molecular weight is 218 g/mol. The highest BCUT2D eigenvalue weighted by molar-refractivity contribution is 5.69. The van der Waals surface area contributed by atoms with Crippen LogP contribution in [0.1, 0.15) is 31.7 Å². The third kappa shape index (κ3) is 5.35. The third-order valence-corrected chi connectivity index (χ3v) is 2.11. The van der Waals surface area contributed by atoms with Crippen LogP contribution < -0.4 is 0 Å². The summed E-state index contributed by atoms with van der Waals surface area (Å²) in [7, 11) is 0. The van der Waals surface area contributed by atoms with Gasteiger partial charge >= 0.3 is 5.97 Å².